The van der Waals surface area contributed by atoms with Crippen LogP contribution in [0.1, 0.15) is 12.8 Å². The fraction of sp³-hybridized carbons (Fsp3) is 1.00. The number of hydrogen-bond donors (Lipinski definition) is 3. The Morgan fingerprint density at radius 2 is 1.40 bits per heavy atom. The molecule has 1 aliphatic rings. The van der Waals surface area contributed by atoms with Gasteiger partial charge in [-0.25, -0.2) is 0 Å². The highest BCUT2D eigenvalue weighted by Gasteiger charge is 2.43. The minimum Gasteiger partial charge on any atom is -0.396 e. The van der Waals surface area contributed by atoms with E-state index in [1.807, 2.05) is 0 Å². The molecule has 1 fully saturated rings. The largest absolute Gasteiger partial charge is 0.396 e. The molecule has 10 heavy (non-hydrogen) atoms. The summed E-state index contributed by atoms with van der Waals surface area (Å²) in [6, 6.07) is 0. The van der Waals surface area contributed by atoms with Gasteiger partial charge in [0.15, 0.2) is 0 Å². The van der Waals surface area contributed by atoms with Gasteiger partial charge in [0, 0.05) is 5.41 Å². The van der Waals surface area contributed by atoms with Gasteiger partial charge in [-0.05, 0) is 18.8 Å². The van der Waals surface area contributed by atoms with E-state index >= 15 is 0 Å². The van der Waals surface area contributed by atoms with Crippen LogP contribution in [0.5, 0.6) is 0 Å². The summed E-state index contributed by atoms with van der Waals surface area (Å²) in [4.78, 5) is 0. The maximum atomic E-state index is 8.87. The van der Waals surface area contributed by atoms with Crippen molar-refractivity contribution >= 4 is 0 Å². The summed E-state index contributed by atoms with van der Waals surface area (Å²) in [5.41, 5.74) is -0.597. The molecule has 0 aromatic carbocycles. The highest BCUT2D eigenvalue weighted by atomic mass is 16.3. The highest BCUT2D eigenvalue weighted by Crippen LogP contribution is 2.44. The SMILES string of the molecule is OCC(CO)(CO)C1CC1. The van der Waals surface area contributed by atoms with Gasteiger partial charge >= 0.3 is 0 Å². The molecule has 1 aliphatic carbocycles. The van der Waals surface area contributed by atoms with Gasteiger partial charge in [0.25, 0.3) is 0 Å². The number of aliphatic hydroxyl groups is 3. The molecule has 0 aromatic rings. The van der Waals surface area contributed by atoms with E-state index in [0.717, 1.165) is 12.8 Å². The Balaban J connectivity index is 2.52. The average Bonchev–Trinajstić information content (AvgIpc) is 2.77. The van der Waals surface area contributed by atoms with Crippen molar-refractivity contribution in [3.63, 3.8) is 0 Å². The van der Waals surface area contributed by atoms with E-state index in [2.05, 4.69) is 0 Å². The van der Waals surface area contributed by atoms with Crippen molar-refractivity contribution in [2.45, 2.75) is 12.8 Å². The molecule has 0 atom stereocenters. The van der Waals surface area contributed by atoms with Crippen LogP contribution in [0.2, 0.25) is 0 Å². The van der Waals surface area contributed by atoms with Gasteiger partial charge in [0.1, 0.15) is 0 Å². The van der Waals surface area contributed by atoms with Crippen molar-refractivity contribution < 1.29 is 15.3 Å². The summed E-state index contributed by atoms with van der Waals surface area (Å²) in [6.45, 7) is -0.319. The molecule has 60 valence electrons. The molecule has 1 saturated carbocycles. The molecule has 0 bridgehead atoms. The lowest BCUT2D eigenvalue weighted by atomic mass is 9.85. The lowest BCUT2D eigenvalue weighted by molar-refractivity contribution is -0.0110. The van der Waals surface area contributed by atoms with Crippen LogP contribution in [-0.4, -0.2) is 35.1 Å². The summed E-state index contributed by atoms with van der Waals surface area (Å²) < 4.78 is 0. The fourth-order valence-corrected chi connectivity index (χ4v) is 1.23. The second kappa shape index (κ2) is 2.86. The Kier molecular flexibility index (Phi) is 2.28. The van der Waals surface area contributed by atoms with Crippen molar-refractivity contribution in [2.24, 2.45) is 11.3 Å². The first-order chi connectivity index (χ1) is 4.79. The van der Waals surface area contributed by atoms with E-state index in [-0.39, 0.29) is 19.8 Å². The van der Waals surface area contributed by atoms with Gasteiger partial charge in [-0.15, -0.1) is 0 Å². The van der Waals surface area contributed by atoms with E-state index in [4.69, 9.17) is 15.3 Å². The second-order valence-electron chi connectivity index (χ2n) is 3.11. The van der Waals surface area contributed by atoms with Crippen LogP contribution in [0.15, 0.2) is 0 Å². The minimum absolute atomic E-state index is 0.106. The van der Waals surface area contributed by atoms with Gasteiger partial charge in [0.2, 0.25) is 0 Å². The third-order valence-corrected chi connectivity index (χ3v) is 2.39. The molecule has 0 aliphatic heterocycles. The highest BCUT2D eigenvalue weighted by molar-refractivity contribution is 4.92. The van der Waals surface area contributed by atoms with E-state index in [1.54, 1.807) is 0 Å². The molecular weight excluding hydrogens is 132 g/mol. The Hall–Kier alpha value is -0.120. The normalized spacial score (nSPS) is 19.5. The fourth-order valence-electron chi connectivity index (χ4n) is 1.23. The first-order valence-electron chi connectivity index (χ1n) is 3.61. The third-order valence-electron chi connectivity index (χ3n) is 2.39. The number of hydrogen-bond acceptors (Lipinski definition) is 3. The van der Waals surface area contributed by atoms with Crippen LogP contribution in [-0.2, 0) is 0 Å². The van der Waals surface area contributed by atoms with Crippen LogP contribution in [0.25, 0.3) is 0 Å². The molecule has 3 N–H and O–H groups in total. The second-order valence-corrected chi connectivity index (χ2v) is 3.11. The number of rotatable bonds is 4. The standard InChI is InChI=1S/C7H14O3/c8-3-7(4-9,5-10)6-1-2-6/h6,8-10H,1-5H2. The Morgan fingerprint density at radius 1 is 1.00 bits per heavy atom. The Labute approximate surface area is 60.3 Å². The molecule has 1 rings (SSSR count). The molecule has 0 radical (unpaired) electrons. The molecule has 0 spiro atoms. The summed E-state index contributed by atoms with van der Waals surface area (Å²) >= 11 is 0. The molecule has 0 aromatic heterocycles. The molecule has 3 nitrogen and oxygen atoms in total. The van der Waals surface area contributed by atoms with Gasteiger partial charge in [-0.1, -0.05) is 0 Å². The summed E-state index contributed by atoms with van der Waals surface area (Å²) in [5, 5.41) is 26.6. The summed E-state index contributed by atoms with van der Waals surface area (Å²) in [6.07, 6.45) is 2.06. The van der Waals surface area contributed by atoms with Crippen LogP contribution in [0.4, 0.5) is 0 Å². The van der Waals surface area contributed by atoms with E-state index in [0.29, 0.717) is 5.92 Å². The van der Waals surface area contributed by atoms with Crippen LogP contribution >= 0.6 is 0 Å². The topological polar surface area (TPSA) is 60.7 Å². The van der Waals surface area contributed by atoms with E-state index in [1.165, 1.54) is 0 Å². The smallest absolute Gasteiger partial charge is 0.0534 e. The zero-order chi connectivity index (χ0) is 7.61. The van der Waals surface area contributed by atoms with Crippen LogP contribution in [0, 0.1) is 11.3 Å². The maximum absolute atomic E-state index is 8.87. The van der Waals surface area contributed by atoms with E-state index < -0.39 is 5.41 Å². The van der Waals surface area contributed by atoms with Crippen molar-refractivity contribution in [1.82, 2.24) is 0 Å². The molecule has 0 unspecified atom stereocenters. The van der Waals surface area contributed by atoms with Crippen molar-refractivity contribution in [3.05, 3.63) is 0 Å². The third kappa shape index (κ3) is 1.17. The maximum Gasteiger partial charge on any atom is 0.0534 e. The monoisotopic (exact) mass is 146 g/mol. The summed E-state index contributed by atoms with van der Waals surface area (Å²) in [7, 11) is 0. The zero-order valence-corrected chi connectivity index (χ0v) is 5.95. The van der Waals surface area contributed by atoms with Gasteiger partial charge in [0.05, 0.1) is 19.8 Å². The zero-order valence-electron chi connectivity index (χ0n) is 5.95. The molecule has 0 saturated heterocycles. The van der Waals surface area contributed by atoms with Crippen LogP contribution < -0.4 is 0 Å². The lowest BCUT2D eigenvalue weighted by Crippen LogP contribution is -2.36. The molecular formula is C7H14O3. The van der Waals surface area contributed by atoms with Gasteiger partial charge in [-0.2, -0.15) is 0 Å². The molecule has 0 amide bonds. The quantitative estimate of drug-likeness (QED) is 0.494. The van der Waals surface area contributed by atoms with Crippen molar-refractivity contribution in [2.75, 3.05) is 19.8 Å². The Bertz CT molecular complexity index is 97.2. The lowest BCUT2D eigenvalue weighted by Gasteiger charge is -2.26. The van der Waals surface area contributed by atoms with Crippen molar-refractivity contribution in [3.8, 4) is 0 Å². The number of aliphatic hydroxyl groups excluding tert-OH is 3. The predicted molar refractivity (Wildman–Crippen MR) is 36.4 cm³/mol. The first kappa shape index (κ1) is 7.98. The van der Waals surface area contributed by atoms with E-state index in [9.17, 15) is 0 Å². The predicted octanol–water partition coefficient (Wildman–Crippen LogP) is -0.640. The average molecular weight is 146 g/mol. The minimum atomic E-state index is -0.597. The first-order valence-corrected chi connectivity index (χ1v) is 3.61. The summed E-state index contributed by atoms with van der Waals surface area (Å²) in [5.74, 6) is 0.340. The van der Waals surface area contributed by atoms with Crippen molar-refractivity contribution in [1.29, 1.82) is 0 Å². The van der Waals surface area contributed by atoms with Gasteiger partial charge < -0.3 is 15.3 Å². The van der Waals surface area contributed by atoms with Crippen LogP contribution in [0.3, 0.4) is 0 Å². The molecule has 0 heterocycles. The van der Waals surface area contributed by atoms with Gasteiger partial charge in [-0.3, -0.25) is 0 Å². The Morgan fingerprint density at radius 3 is 1.50 bits per heavy atom. The molecule has 3 heteroatoms.